The molecule has 0 spiro atoms. The van der Waals surface area contributed by atoms with E-state index in [-0.39, 0.29) is 28.5 Å². The first-order chi connectivity index (χ1) is 22.8. The van der Waals surface area contributed by atoms with Gasteiger partial charge >= 0.3 is 0 Å². The topological polar surface area (TPSA) is 134 Å². The van der Waals surface area contributed by atoms with Crippen LogP contribution < -0.4 is 19.7 Å². The molecule has 1 atom stereocenters. The van der Waals surface area contributed by atoms with Crippen molar-refractivity contribution in [1.82, 2.24) is 9.62 Å². The molecule has 48 heavy (non-hydrogen) atoms. The third-order valence-corrected chi connectivity index (χ3v) is 10.9. The van der Waals surface area contributed by atoms with Crippen LogP contribution in [0.3, 0.4) is 0 Å². The van der Waals surface area contributed by atoms with Gasteiger partial charge in [0.25, 0.3) is 21.6 Å². The van der Waals surface area contributed by atoms with Gasteiger partial charge in [0, 0.05) is 61.1 Å². The van der Waals surface area contributed by atoms with E-state index in [1.165, 1.54) is 29.2 Å². The third kappa shape index (κ3) is 7.45. The number of nitrogens with zero attached hydrogens (tertiary/aromatic N) is 3. The molecule has 1 amide bonds. The van der Waals surface area contributed by atoms with Crippen LogP contribution >= 0.6 is 11.6 Å². The molecule has 11 nitrogen and oxygen atoms in total. The number of halogens is 1. The molecule has 3 aliphatic rings. The minimum atomic E-state index is -4.43. The first-order valence-electron chi connectivity index (χ1n) is 16.1. The second-order valence-electron chi connectivity index (χ2n) is 13.6. The number of amides is 1. The third-order valence-electron chi connectivity index (χ3n) is 9.34. The number of ether oxygens (including phenoxy) is 1. The highest BCUT2D eigenvalue weighted by Crippen LogP contribution is 2.43. The standard InChI is InChI=1S/C35H40ClN5O6S/c1-23-21-37-33-31(41(43)44)18-29(19-32(33)47-23)48(45,46)38-34(42)25-6-10-28(11-7-25)40-16-14-39(15-17-40)22-26-12-13-35(2,3)20-30(26)24-4-8-27(36)9-5-24/h4-11,18-19,23,37H,12-17,20-22H2,1-3H3,(H,38,42). The average molecular weight is 694 g/mol. The van der Waals surface area contributed by atoms with Crippen molar-refractivity contribution >= 4 is 50.2 Å². The van der Waals surface area contributed by atoms with Gasteiger partial charge in [-0.25, -0.2) is 13.1 Å². The van der Waals surface area contributed by atoms with Gasteiger partial charge in [0.1, 0.15) is 6.10 Å². The molecule has 1 fully saturated rings. The lowest BCUT2D eigenvalue weighted by Gasteiger charge is -2.39. The number of nitrogens with one attached hydrogen (secondary N) is 2. The molecule has 0 aromatic heterocycles. The number of hydrogen-bond acceptors (Lipinski definition) is 9. The summed E-state index contributed by atoms with van der Waals surface area (Å²) in [7, 11) is -4.43. The van der Waals surface area contributed by atoms with Crippen LogP contribution in [0.2, 0.25) is 5.02 Å². The Balaban J connectivity index is 1.09. The molecule has 0 saturated carbocycles. The van der Waals surface area contributed by atoms with Crippen LogP contribution in [0.15, 0.2) is 71.1 Å². The number of allylic oxidation sites excluding steroid dienone is 1. The fourth-order valence-electron chi connectivity index (χ4n) is 6.61. The summed E-state index contributed by atoms with van der Waals surface area (Å²) in [5.41, 5.74) is 5.21. The van der Waals surface area contributed by atoms with Crippen molar-refractivity contribution in [2.75, 3.05) is 49.5 Å². The number of carbonyl (C=O) groups is 1. The lowest BCUT2D eigenvalue weighted by Crippen LogP contribution is -2.47. The molecule has 0 bridgehead atoms. The van der Waals surface area contributed by atoms with Crippen molar-refractivity contribution in [3.8, 4) is 5.75 Å². The number of piperazine rings is 1. The lowest BCUT2D eigenvalue weighted by molar-refractivity contribution is -0.384. The van der Waals surface area contributed by atoms with Crippen LogP contribution in [0.5, 0.6) is 5.75 Å². The minimum absolute atomic E-state index is 0.0432. The number of rotatable bonds is 8. The molecule has 1 unspecified atom stereocenters. The second kappa shape index (κ2) is 13.4. The fraction of sp³-hybridized carbons (Fsp3) is 0.400. The van der Waals surface area contributed by atoms with Crippen molar-refractivity contribution in [2.45, 2.75) is 51.0 Å². The Bertz CT molecular complexity index is 1850. The van der Waals surface area contributed by atoms with Gasteiger partial charge in [-0.1, -0.05) is 43.2 Å². The Labute approximate surface area is 286 Å². The zero-order valence-corrected chi connectivity index (χ0v) is 28.9. The molecule has 1 saturated heterocycles. The number of fused-ring (bicyclic) bond motifs is 1. The fourth-order valence-corrected chi connectivity index (χ4v) is 7.75. The van der Waals surface area contributed by atoms with Crippen molar-refractivity contribution in [2.24, 2.45) is 5.41 Å². The molecule has 3 aromatic rings. The predicted octanol–water partition coefficient (Wildman–Crippen LogP) is 6.35. The summed E-state index contributed by atoms with van der Waals surface area (Å²) in [6, 6.07) is 17.1. The van der Waals surface area contributed by atoms with E-state index in [4.69, 9.17) is 16.3 Å². The molecule has 13 heteroatoms. The van der Waals surface area contributed by atoms with Crippen LogP contribution in [0.25, 0.3) is 5.57 Å². The number of carbonyl (C=O) groups excluding carboxylic acids is 1. The van der Waals surface area contributed by atoms with Gasteiger partial charge < -0.3 is 15.0 Å². The highest BCUT2D eigenvalue weighted by molar-refractivity contribution is 7.90. The lowest BCUT2D eigenvalue weighted by atomic mass is 9.72. The summed E-state index contributed by atoms with van der Waals surface area (Å²) in [4.78, 5) is 28.3. The highest BCUT2D eigenvalue weighted by atomic mass is 35.5. The summed E-state index contributed by atoms with van der Waals surface area (Å²) in [6.45, 7) is 11.1. The van der Waals surface area contributed by atoms with E-state index < -0.39 is 31.4 Å². The number of anilines is 2. The number of hydrogen-bond donors (Lipinski definition) is 2. The Morgan fingerprint density at radius 3 is 2.44 bits per heavy atom. The quantitative estimate of drug-likeness (QED) is 0.205. The number of nitro benzene ring substituents is 1. The van der Waals surface area contributed by atoms with Crippen LogP contribution in [-0.4, -0.2) is 69.5 Å². The first-order valence-corrected chi connectivity index (χ1v) is 18.0. The zero-order chi connectivity index (χ0) is 34.2. The van der Waals surface area contributed by atoms with Crippen molar-refractivity contribution in [3.63, 3.8) is 0 Å². The Kier molecular flexibility index (Phi) is 9.43. The number of benzene rings is 3. The smallest absolute Gasteiger partial charge is 0.297 e. The van der Waals surface area contributed by atoms with E-state index in [1.54, 1.807) is 19.1 Å². The average Bonchev–Trinajstić information content (AvgIpc) is 3.05. The Hall–Kier alpha value is -4.13. The molecular weight excluding hydrogens is 654 g/mol. The van der Waals surface area contributed by atoms with E-state index in [2.05, 4.69) is 41.1 Å². The van der Waals surface area contributed by atoms with Crippen molar-refractivity contribution in [3.05, 3.63) is 92.5 Å². The maximum Gasteiger partial charge on any atom is 0.297 e. The van der Waals surface area contributed by atoms with Gasteiger partial charge in [-0.15, -0.1) is 0 Å². The molecule has 2 heterocycles. The summed E-state index contributed by atoms with van der Waals surface area (Å²) >= 11 is 6.17. The van der Waals surface area contributed by atoms with Crippen molar-refractivity contribution < 1.29 is 22.9 Å². The molecule has 1 aliphatic carbocycles. The highest BCUT2D eigenvalue weighted by Gasteiger charge is 2.31. The van der Waals surface area contributed by atoms with Crippen LogP contribution in [0.4, 0.5) is 17.1 Å². The van der Waals surface area contributed by atoms with Gasteiger partial charge in [-0.3, -0.25) is 19.8 Å². The van der Waals surface area contributed by atoms with Gasteiger partial charge in [0.05, 0.1) is 16.4 Å². The Morgan fingerprint density at radius 2 is 1.77 bits per heavy atom. The number of nitro groups is 1. The predicted molar refractivity (Wildman–Crippen MR) is 187 cm³/mol. The van der Waals surface area contributed by atoms with Crippen LogP contribution in [-0.2, 0) is 10.0 Å². The van der Waals surface area contributed by atoms with E-state index >= 15 is 0 Å². The van der Waals surface area contributed by atoms with Crippen LogP contribution in [0.1, 0.15) is 56.0 Å². The molecule has 2 N–H and O–H groups in total. The molecular formula is C35H40ClN5O6S. The van der Waals surface area contributed by atoms with E-state index in [9.17, 15) is 23.3 Å². The van der Waals surface area contributed by atoms with Crippen LogP contribution in [0, 0.1) is 15.5 Å². The Morgan fingerprint density at radius 1 is 1.08 bits per heavy atom. The van der Waals surface area contributed by atoms with E-state index in [1.807, 2.05) is 29.0 Å². The maximum atomic E-state index is 13.1. The first kappa shape index (κ1) is 33.8. The maximum absolute atomic E-state index is 13.1. The van der Waals surface area contributed by atoms with Gasteiger partial charge in [0.2, 0.25) is 0 Å². The van der Waals surface area contributed by atoms with E-state index in [0.717, 1.165) is 62.3 Å². The van der Waals surface area contributed by atoms with E-state index in [0.29, 0.717) is 6.54 Å². The largest absolute Gasteiger partial charge is 0.486 e. The van der Waals surface area contributed by atoms with Gasteiger partial charge in [-0.2, -0.15) is 0 Å². The summed E-state index contributed by atoms with van der Waals surface area (Å²) in [5.74, 6) is -0.791. The normalized spacial score (nSPS) is 19.6. The SMILES string of the molecule is CC1CNc2c(cc(S(=O)(=O)NC(=O)c3ccc(N4CCN(CC5=C(c6ccc(Cl)cc6)CC(C)(C)CC5)CC4)cc3)cc2[N+](=O)[O-])O1. The molecule has 3 aromatic carbocycles. The molecule has 254 valence electrons. The molecule has 0 radical (unpaired) electrons. The summed E-state index contributed by atoms with van der Waals surface area (Å²) in [5, 5.41) is 15.3. The van der Waals surface area contributed by atoms with Gasteiger partial charge in [0.15, 0.2) is 11.4 Å². The number of sulfonamides is 1. The summed E-state index contributed by atoms with van der Waals surface area (Å²) in [6.07, 6.45) is 2.97. The van der Waals surface area contributed by atoms with Crippen molar-refractivity contribution in [1.29, 1.82) is 0 Å². The second-order valence-corrected chi connectivity index (χ2v) is 15.7. The molecule has 6 rings (SSSR count). The van der Waals surface area contributed by atoms with Gasteiger partial charge in [-0.05, 0) is 79.1 Å². The molecule has 2 aliphatic heterocycles. The monoisotopic (exact) mass is 693 g/mol. The minimum Gasteiger partial charge on any atom is -0.486 e. The zero-order valence-electron chi connectivity index (χ0n) is 27.3. The summed E-state index contributed by atoms with van der Waals surface area (Å²) < 4.78 is 34.0.